The monoisotopic (exact) mass is 233 g/mol. The molecule has 1 aromatic carbocycles. The van der Waals surface area contributed by atoms with Gasteiger partial charge in [-0.2, -0.15) is 0 Å². The largest absolute Gasteiger partial charge is 0.495 e. The number of hydrogen-bond acceptors (Lipinski definition) is 3. The molecule has 0 heterocycles. The fourth-order valence-corrected chi connectivity index (χ4v) is 1.71. The molecular formula is C10H13ClFNO2. The third-order valence-electron chi connectivity index (χ3n) is 2.24. The Morgan fingerprint density at radius 1 is 1.67 bits per heavy atom. The third-order valence-corrected chi connectivity index (χ3v) is 2.52. The highest BCUT2D eigenvalue weighted by atomic mass is 35.5. The van der Waals surface area contributed by atoms with Crippen LogP contribution in [0.15, 0.2) is 6.07 Å². The van der Waals surface area contributed by atoms with Gasteiger partial charge in [0.2, 0.25) is 0 Å². The highest BCUT2D eigenvalue weighted by Gasteiger charge is 2.20. The minimum absolute atomic E-state index is 0.0169. The van der Waals surface area contributed by atoms with Gasteiger partial charge < -0.3 is 15.6 Å². The summed E-state index contributed by atoms with van der Waals surface area (Å²) in [5, 5.41) is 9.77. The number of benzene rings is 1. The van der Waals surface area contributed by atoms with Gasteiger partial charge in [-0.15, -0.1) is 0 Å². The first-order valence-corrected chi connectivity index (χ1v) is 4.81. The molecule has 1 aromatic rings. The summed E-state index contributed by atoms with van der Waals surface area (Å²) in [6, 6.07) is 1.16. The molecule has 0 amide bonds. The maximum absolute atomic E-state index is 13.4. The molecule has 1 atom stereocenters. The van der Waals surface area contributed by atoms with Crippen LogP contribution in [0, 0.1) is 12.7 Å². The van der Waals surface area contributed by atoms with Crippen LogP contribution < -0.4 is 10.5 Å². The molecule has 3 N–H and O–H groups in total. The molecule has 0 saturated heterocycles. The van der Waals surface area contributed by atoms with Crippen LogP contribution in [0.25, 0.3) is 0 Å². The lowest BCUT2D eigenvalue weighted by Gasteiger charge is -2.17. The SMILES string of the molecule is COc1c(Cl)cc(F)c(C)c1C(O)CN. The Morgan fingerprint density at radius 3 is 2.73 bits per heavy atom. The predicted molar refractivity (Wildman–Crippen MR) is 56.7 cm³/mol. The third kappa shape index (κ3) is 2.22. The van der Waals surface area contributed by atoms with Crippen LogP contribution >= 0.6 is 11.6 Å². The number of aliphatic hydroxyl groups is 1. The Kier molecular flexibility index (Phi) is 3.90. The van der Waals surface area contributed by atoms with Gasteiger partial charge in [0.1, 0.15) is 11.6 Å². The first-order valence-electron chi connectivity index (χ1n) is 4.43. The van der Waals surface area contributed by atoms with Crippen molar-refractivity contribution < 1.29 is 14.2 Å². The molecule has 1 rings (SSSR count). The van der Waals surface area contributed by atoms with Crippen LogP contribution in [-0.4, -0.2) is 18.8 Å². The molecule has 0 bridgehead atoms. The Balaban J connectivity index is 3.43. The summed E-state index contributed by atoms with van der Waals surface area (Å²) in [6.07, 6.45) is -0.979. The smallest absolute Gasteiger partial charge is 0.143 e. The van der Waals surface area contributed by atoms with E-state index in [9.17, 15) is 9.50 Å². The molecule has 0 aliphatic carbocycles. The minimum Gasteiger partial charge on any atom is -0.495 e. The lowest BCUT2D eigenvalue weighted by Crippen LogP contribution is -2.14. The molecule has 0 saturated carbocycles. The Morgan fingerprint density at radius 2 is 2.27 bits per heavy atom. The number of halogens is 2. The van der Waals surface area contributed by atoms with Gasteiger partial charge in [-0.3, -0.25) is 0 Å². The van der Waals surface area contributed by atoms with Crippen molar-refractivity contribution in [1.29, 1.82) is 0 Å². The molecular weight excluding hydrogens is 221 g/mol. The second-order valence-electron chi connectivity index (χ2n) is 3.16. The minimum atomic E-state index is -0.979. The molecule has 84 valence electrons. The number of nitrogens with two attached hydrogens (primary N) is 1. The number of rotatable bonds is 3. The van der Waals surface area contributed by atoms with E-state index in [-0.39, 0.29) is 17.3 Å². The lowest BCUT2D eigenvalue weighted by molar-refractivity contribution is 0.180. The zero-order chi connectivity index (χ0) is 11.6. The van der Waals surface area contributed by atoms with Crippen LogP contribution in [0.5, 0.6) is 5.75 Å². The van der Waals surface area contributed by atoms with Gasteiger partial charge >= 0.3 is 0 Å². The van der Waals surface area contributed by atoms with Crippen LogP contribution in [0.2, 0.25) is 5.02 Å². The van der Waals surface area contributed by atoms with Gasteiger partial charge in [0.25, 0.3) is 0 Å². The highest BCUT2D eigenvalue weighted by Crippen LogP contribution is 2.36. The zero-order valence-corrected chi connectivity index (χ0v) is 9.31. The molecule has 0 fully saturated rings. The molecule has 1 unspecified atom stereocenters. The van der Waals surface area contributed by atoms with Gasteiger partial charge in [0.15, 0.2) is 0 Å². The van der Waals surface area contributed by atoms with E-state index in [1.165, 1.54) is 7.11 Å². The first-order chi connectivity index (χ1) is 7.02. The normalized spacial score (nSPS) is 12.7. The van der Waals surface area contributed by atoms with Gasteiger partial charge in [-0.1, -0.05) is 11.6 Å². The van der Waals surface area contributed by atoms with E-state index < -0.39 is 11.9 Å². The van der Waals surface area contributed by atoms with Crippen molar-refractivity contribution in [1.82, 2.24) is 0 Å². The van der Waals surface area contributed by atoms with Crippen molar-refractivity contribution in [3.8, 4) is 5.75 Å². The van der Waals surface area contributed by atoms with E-state index in [1.807, 2.05) is 0 Å². The quantitative estimate of drug-likeness (QED) is 0.837. The number of methoxy groups -OCH3 is 1. The van der Waals surface area contributed by atoms with Crippen molar-refractivity contribution in [2.75, 3.05) is 13.7 Å². The summed E-state index contributed by atoms with van der Waals surface area (Å²) < 4.78 is 18.4. The lowest BCUT2D eigenvalue weighted by atomic mass is 10.0. The fraction of sp³-hybridized carbons (Fsp3) is 0.400. The van der Waals surface area contributed by atoms with Crippen LogP contribution in [0.1, 0.15) is 17.2 Å². The van der Waals surface area contributed by atoms with E-state index in [4.69, 9.17) is 22.1 Å². The van der Waals surface area contributed by atoms with Crippen LogP contribution in [0.4, 0.5) is 4.39 Å². The Labute approximate surface area is 92.6 Å². The van der Waals surface area contributed by atoms with Crippen molar-refractivity contribution in [2.24, 2.45) is 5.73 Å². The van der Waals surface area contributed by atoms with E-state index in [0.717, 1.165) is 6.07 Å². The number of aliphatic hydroxyl groups excluding tert-OH is 1. The fourth-order valence-electron chi connectivity index (χ4n) is 1.44. The summed E-state index contributed by atoms with van der Waals surface area (Å²) in [7, 11) is 1.41. The topological polar surface area (TPSA) is 55.5 Å². The van der Waals surface area contributed by atoms with Crippen LogP contribution in [-0.2, 0) is 0 Å². The standard InChI is InChI=1S/C10H13ClFNO2/c1-5-7(12)3-6(11)10(15-2)9(5)8(14)4-13/h3,8,14H,4,13H2,1-2H3. The van der Waals surface area contributed by atoms with Crippen molar-refractivity contribution in [3.63, 3.8) is 0 Å². The summed E-state index contributed by atoms with van der Waals surface area (Å²) in [5.41, 5.74) is 5.94. The Hall–Kier alpha value is -0.840. The summed E-state index contributed by atoms with van der Waals surface area (Å²) in [6.45, 7) is 1.53. The molecule has 3 nitrogen and oxygen atoms in total. The average molecular weight is 234 g/mol. The maximum atomic E-state index is 13.4. The number of ether oxygens (including phenoxy) is 1. The van der Waals surface area contributed by atoms with Gasteiger partial charge in [-0.25, -0.2) is 4.39 Å². The second-order valence-corrected chi connectivity index (χ2v) is 3.57. The Bertz CT molecular complexity index is 371. The molecule has 0 spiro atoms. The highest BCUT2D eigenvalue weighted by molar-refractivity contribution is 6.32. The van der Waals surface area contributed by atoms with Crippen molar-refractivity contribution in [2.45, 2.75) is 13.0 Å². The molecule has 5 heteroatoms. The first kappa shape index (κ1) is 12.2. The summed E-state index contributed by atoms with van der Waals surface area (Å²) >= 11 is 5.79. The van der Waals surface area contributed by atoms with E-state index in [0.29, 0.717) is 11.1 Å². The van der Waals surface area contributed by atoms with Gasteiger partial charge in [-0.05, 0) is 18.6 Å². The molecule has 0 aliphatic rings. The van der Waals surface area contributed by atoms with Crippen molar-refractivity contribution in [3.05, 3.63) is 28.0 Å². The van der Waals surface area contributed by atoms with E-state index in [2.05, 4.69) is 0 Å². The summed E-state index contributed by atoms with van der Waals surface area (Å²) in [5.74, 6) is -0.211. The molecule has 0 aliphatic heterocycles. The van der Waals surface area contributed by atoms with Crippen LogP contribution in [0.3, 0.4) is 0 Å². The van der Waals surface area contributed by atoms with Gasteiger partial charge in [0, 0.05) is 12.1 Å². The molecule has 0 aromatic heterocycles. The second kappa shape index (κ2) is 4.79. The van der Waals surface area contributed by atoms with Gasteiger partial charge in [0.05, 0.1) is 18.2 Å². The maximum Gasteiger partial charge on any atom is 0.143 e. The zero-order valence-electron chi connectivity index (χ0n) is 8.55. The molecule has 15 heavy (non-hydrogen) atoms. The van der Waals surface area contributed by atoms with E-state index in [1.54, 1.807) is 6.92 Å². The predicted octanol–water partition coefficient (Wildman–Crippen LogP) is 1.79. The van der Waals surface area contributed by atoms with E-state index >= 15 is 0 Å². The molecule has 0 radical (unpaired) electrons. The summed E-state index contributed by atoms with van der Waals surface area (Å²) in [4.78, 5) is 0. The number of hydrogen-bond donors (Lipinski definition) is 2. The average Bonchev–Trinajstić information content (AvgIpc) is 2.21. The van der Waals surface area contributed by atoms with Crippen molar-refractivity contribution >= 4 is 11.6 Å².